The molecule has 1 aromatic carbocycles. The largest absolute Gasteiger partial charge is 0.507 e. The molecule has 94 valence electrons. The normalized spacial score (nSPS) is 17.1. The first-order valence-electron chi connectivity index (χ1n) is 5.86. The van der Waals surface area contributed by atoms with E-state index in [4.69, 9.17) is 0 Å². The molecule has 0 amide bonds. The first-order valence-corrected chi connectivity index (χ1v) is 6.65. The lowest BCUT2D eigenvalue weighted by atomic mass is 10.1. The van der Waals surface area contributed by atoms with Crippen molar-refractivity contribution in [2.75, 3.05) is 13.2 Å². The van der Waals surface area contributed by atoms with Crippen LogP contribution in [0.5, 0.6) is 5.75 Å². The molecule has 1 aromatic rings. The van der Waals surface area contributed by atoms with Crippen LogP contribution in [0.4, 0.5) is 0 Å². The minimum absolute atomic E-state index is 0.108. The van der Waals surface area contributed by atoms with Gasteiger partial charge >= 0.3 is 0 Å². The maximum Gasteiger partial charge on any atom is 0.123 e. The molecule has 1 aliphatic carbocycles. The van der Waals surface area contributed by atoms with Gasteiger partial charge in [-0.2, -0.15) is 0 Å². The number of benzene rings is 1. The molecule has 3 nitrogen and oxygen atoms in total. The Bertz CT molecular complexity index is 416. The number of aliphatic hydroxyl groups is 1. The van der Waals surface area contributed by atoms with E-state index in [9.17, 15) is 10.2 Å². The Kier molecular flexibility index (Phi) is 3.76. The van der Waals surface area contributed by atoms with Crippen LogP contribution in [0.25, 0.3) is 0 Å². The summed E-state index contributed by atoms with van der Waals surface area (Å²) >= 11 is 3.43. The highest BCUT2D eigenvalue weighted by Crippen LogP contribution is 2.44. The van der Waals surface area contributed by atoms with Crippen LogP contribution < -0.4 is 5.32 Å². The second kappa shape index (κ2) is 4.96. The quantitative estimate of drug-likeness (QED) is 0.782. The van der Waals surface area contributed by atoms with Crippen molar-refractivity contribution in [3.05, 3.63) is 27.7 Å². The minimum Gasteiger partial charge on any atom is -0.507 e. The van der Waals surface area contributed by atoms with Crippen molar-refractivity contribution in [3.63, 3.8) is 0 Å². The van der Waals surface area contributed by atoms with Crippen molar-refractivity contribution in [1.29, 1.82) is 0 Å². The van der Waals surface area contributed by atoms with E-state index in [0.29, 0.717) is 12.3 Å². The van der Waals surface area contributed by atoms with Crippen LogP contribution in [-0.4, -0.2) is 23.4 Å². The number of nitrogens with one attached hydrogen (secondary N) is 1. The summed E-state index contributed by atoms with van der Waals surface area (Å²) in [6.07, 6.45) is 2.19. The van der Waals surface area contributed by atoms with Gasteiger partial charge in [0.25, 0.3) is 0 Å². The predicted octanol–water partition coefficient (Wildman–Crippen LogP) is 2.33. The molecule has 2 rings (SSSR count). The third-order valence-electron chi connectivity index (χ3n) is 3.45. The minimum atomic E-state index is 0.108. The molecule has 0 aromatic heterocycles. The van der Waals surface area contributed by atoms with Crippen molar-refractivity contribution in [2.45, 2.75) is 26.3 Å². The van der Waals surface area contributed by atoms with E-state index < -0.39 is 0 Å². The number of phenolic OH excluding ortho intramolecular Hbond substituents is 1. The molecule has 0 bridgehead atoms. The Morgan fingerprint density at radius 1 is 1.41 bits per heavy atom. The van der Waals surface area contributed by atoms with Crippen LogP contribution in [0, 0.1) is 12.3 Å². The van der Waals surface area contributed by atoms with Gasteiger partial charge in [0.05, 0.1) is 0 Å². The molecule has 0 unspecified atom stereocenters. The predicted molar refractivity (Wildman–Crippen MR) is 71.0 cm³/mol. The van der Waals surface area contributed by atoms with Crippen molar-refractivity contribution >= 4 is 15.9 Å². The number of aromatic hydroxyl groups is 1. The molecule has 17 heavy (non-hydrogen) atoms. The molecule has 0 spiro atoms. The highest BCUT2D eigenvalue weighted by Gasteiger charge is 2.41. The molecule has 1 aliphatic rings. The fourth-order valence-corrected chi connectivity index (χ4v) is 2.59. The van der Waals surface area contributed by atoms with Gasteiger partial charge in [-0.25, -0.2) is 0 Å². The summed E-state index contributed by atoms with van der Waals surface area (Å²) in [7, 11) is 0. The number of hydrogen-bond donors (Lipinski definition) is 3. The Hall–Kier alpha value is -0.580. The average Bonchev–Trinajstić information content (AvgIpc) is 3.06. The Labute approximate surface area is 110 Å². The smallest absolute Gasteiger partial charge is 0.123 e. The molecule has 0 aliphatic heterocycles. The average molecular weight is 300 g/mol. The summed E-state index contributed by atoms with van der Waals surface area (Å²) in [5.74, 6) is 0.356. The van der Waals surface area contributed by atoms with E-state index in [0.717, 1.165) is 35.0 Å². The fraction of sp³-hybridized carbons (Fsp3) is 0.538. The maximum absolute atomic E-state index is 9.91. The summed E-state index contributed by atoms with van der Waals surface area (Å²) in [6, 6.07) is 3.82. The fourth-order valence-electron chi connectivity index (χ4n) is 1.97. The van der Waals surface area contributed by atoms with Crippen LogP contribution in [-0.2, 0) is 6.54 Å². The van der Waals surface area contributed by atoms with Crippen LogP contribution in [0.3, 0.4) is 0 Å². The van der Waals surface area contributed by atoms with Gasteiger partial charge in [-0.3, -0.25) is 0 Å². The molecule has 3 N–H and O–H groups in total. The van der Waals surface area contributed by atoms with Gasteiger partial charge in [-0.15, -0.1) is 0 Å². The van der Waals surface area contributed by atoms with Crippen molar-refractivity contribution in [3.8, 4) is 5.75 Å². The number of aryl methyl sites for hydroxylation is 1. The van der Waals surface area contributed by atoms with E-state index in [1.165, 1.54) is 0 Å². The Morgan fingerprint density at radius 2 is 2.12 bits per heavy atom. The number of rotatable bonds is 5. The molecule has 0 heterocycles. The van der Waals surface area contributed by atoms with Gasteiger partial charge in [0.1, 0.15) is 5.75 Å². The van der Waals surface area contributed by atoms with Crippen LogP contribution >= 0.6 is 15.9 Å². The number of aliphatic hydroxyl groups excluding tert-OH is 1. The van der Waals surface area contributed by atoms with Gasteiger partial charge in [-0.1, -0.05) is 15.9 Å². The number of phenols is 1. The zero-order chi connectivity index (χ0) is 12.5. The molecule has 0 atom stereocenters. The summed E-state index contributed by atoms with van der Waals surface area (Å²) in [6.45, 7) is 3.59. The van der Waals surface area contributed by atoms with Crippen molar-refractivity contribution < 1.29 is 10.2 Å². The second-order valence-electron chi connectivity index (χ2n) is 4.99. The topological polar surface area (TPSA) is 52.5 Å². The highest BCUT2D eigenvalue weighted by atomic mass is 79.9. The van der Waals surface area contributed by atoms with E-state index in [2.05, 4.69) is 21.2 Å². The van der Waals surface area contributed by atoms with E-state index in [-0.39, 0.29) is 12.0 Å². The Morgan fingerprint density at radius 3 is 2.71 bits per heavy atom. The molecular weight excluding hydrogens is 282 g/mol. The molecule has 0 radical (unpaired) electrons. The zero-order valence-corrected chi connectivity index (χ0v) is 11.5. The Balaban J connectivity index is 1.95. The summed E-state index contributed by atoms with van der Waals surface area (Å²) in [4.78, 5) is 0. The SMILES string of the molecule is Cc1cc(Br)cc(CNCC2(CO)CC2)c1O. The number of hydrogen-bond acceptors (Lipinski definition) is 3. The van der Waals surface area contributed by atoms with Gasteiger partial charge in [0.2, 0.25) is 0 Å². The standard InChI is InChI=1S/C13H18BrNO2/c1-9-4-11(14)5-10(12(9)17)6-15-7-13(8-16)2-3-13/h4-5,15-17H,2-3,6-8H2,1H3. The van der Waals surface area contributed by atoms with Crippen molar-refractivity contribution in [2.24, 2.45) is 5.41 Å². The lowest BCUT2D eigenvalue weighted by Gasteiger charge is -2.14. The third kappa shape index (κ3) is 3.00. The lowest BCUT2D eigenvalue weighted by Crippen LogP contribution is -2.26. The van der Waals surface area contributed by atoms with E-state index in [1.54, 1.807) is 0 Å². The van der Waals surface area contributed by atoms with Gasteiger partial charge in [0.15, 0.2) is 0 Å². The molecular formula is C13H18BrNO2. The van der Waals surface area contributed by atoms with Gasteiger partial charge in [0, 0.05) is 35.1 Å². The van der Waals surface area contributed by atoms with E-state index >= 15 is 0 Å². The van der Waals surface area contributed by atoms with Crippen LogP contribution in [0.2, 0.25) is 0 Å². The van der Waals surface area contributed by atoms with Gasteiger partial charge in [-0.05, 0) is 37.5 Å². The first kappa shape index (κ1) is 12.9. The van der Waals surface area contributed by atoms with Crippen LogP contribution in [0.15, 0.2) is 16.6 Å². The third-order valence-corrected chi connectivity index (χ3v) is 3.91. The van der Waals surface area contributed by atoms with Crippen molar-refractivity contribution in [1.82, 2.24) is 5.32 Å². The molecule has 1 saturated carbocycles. The summed E-state index contributed by atoms with van der Waals surface area (Å²) in [5.41, 5.74) is 1.88. The highest BCUT2D eigenvalue weighted by molar-refractivity contribution is 9.10. The summed E-state index contributed by atoms with van der Waals surface area (Å²) in [5, 5.41) is 22.4. The second-order valence-corrected chi connectivity index (χ2v) is 5.91. The van der Waals surface area contributed by atoms with Crippen LogP contribution in [0.1, 0.15) is 24.0 Å². The lowest BCUT2D eigenvalue weighted by molar-refractivity contribution is 0.207. The first-order chi connectivity index (χ1) is 8.06. The zero-order valence-electron chi connectivity index (χ0n) is 9.96. The molecule has 4 heteroatoms. The molecule has 0 saturated heterocycles. The van der Waals surface area contributed by atoms with Gasteiger partial charge < -0.3 is 15.5 Å². The van der Waals surface area contributed by atoms with E-state index in [1.807, 2.05) is 19.1 Å². The number of halogens is 1. The summed E-state index contributed by atoms with van der Waals surface area (Å²) < 4.78 is 0.980. The molecule has 1 fully saturated rings. The monoisotopic (exact) mass is 299 g/mol. The maximum atomic E-state index is 9.91.